The molecule has 1 aromatic heterocycles. The Morgan fingerprint density at radius 3 is 2.86 bits per heavy atom. The summed E-state index contributed by atoms with van der Waals surface area (Å²) < 4.78 is 5.04. The molecular formula is C14H20N4O3. The van der Waals surface area contributed by atoms with Gasteiger partial charge in [-0.1, -0.05) is 0 Å². The number of likely N-dealkylation sites (tertiary alicyclic amines) is 1. The third-order valence-corrected chi connectivity index (χ3v) is 3.30. The molecule has 114 valence electrons. The highest BCUT2D eigenvalue weighted by Gasteiger charge is 2.17. The molecule has 2 heterocycles. The fourth-order valence-corrected chi connectivity index (χ4v) is 2.22. The number of nitrogens with one attached hydrogen (secondary N) is 2. The molecule has 7 nitrogen and oxygen atoms in total. The first-order chi connectivity index (χ1) is 10.2. The van der Waals surface area contributed by atoms with Crippen LogP contribution in [-0.2, 0) is 4.79 Å². The number of methoxy groups -OCH3 is 1. The second-order valence-electron chi connectivity index (χ2n) is 4.78. The van der Waals surface area contributed by atoms with Crippen LogP contribution in [0.5, 0.6) is 5.88 Å². The Bertz CT molecular complexity index is 501. The van der Waals surface area contributed by atoms with Gasteiger partial charge >= 0.3 is 6.03 Å². The zero-order valence-corrected chi connectivity index (χ0v) is 12.1. The number of nitrogens with zero attached hydrogens (tertiary/aromatic N) is 2. The van der Waals surface area contributed by atoms with E-state index in [0.717, 1.165) is 25.9 Å². The first-order valence-electron chi connectivity index (χ1n) is 7.02. The Morgan fingerprint density at radius 1 is 1.38 bits per heavy atom. The summed E-state index contributed by atoms with van der Waals surface area (Å²) in [6.07, 6.45) is 4.04. The van der Waals surface area contributed by atoms with E-state index in [2.05, 4.69) is 15.6 Å². The van der Waals surface area contributed by atoms with Crippen molar-refractivity contribution in [3.05, 3.63) is 18.3 Å². The fraction of sp³-hybridized carbons (Fsp3) is 0.500. The second kappa shape index (κ2) is 7.47. The predicted molar refractivity (Wildman–Crippen MR) is 78.2 cm³/mol. The van der Waals surface area contributed by atoms with E-state index in [1.165, 1.54) is 7.11 Å². The predicted octanol–water partition coefficient (Wildman–Crippen LogP) is 1.22. The van der Waals surface area contributed by atoms with E-state index in [-0.39, 0.29) is 11.9 Å². The van der Waals surface area contributed by atoms with Gasteiger partial charge in [0, 0.05) is 32.3 Å². The van der Waals surface area contributed by atoms with Gasteiger partial charge < -0.3 is 20.3 Å². The van der Waals surface area contributed by atoms with E-state index in [9.17, 15) is 9.59 Å². The van der Waals surface area contributed by atoms with E-state index < -0.39 is 0 Å². The van der Waals surface area contributed by atoms with Crippen molar-refractivity contribution >= 4 is 17.6 Å². The topological polar surface area (TPSA) is 83.6 Å². The van der Waals surface area contributed by atoms with Crippen LogP contribution in [0.4, 0.5) is 10.5 Å². The first kappa shape index (κ1) is 15.1. The number of carbonyl (C=O) groups excluding carboxylic acids is 2. The maximum Gasteiger partial charge on any atom is 0.319 e. The minimum absolute atomic E-state index is 0.0896. The highest BCUT2D eigenvalue weighted by molar-refractivity contribution is 5.90. The number of carbonyl (C=O) groups is 2. The quantitative estimate of drug-likeness (QED) is 0.855. The average molecular weight is 292 g/mol. The average Bonchev–Trinajstić information content (AvgIpc) is 3.02. The lowest BCUT2D eigenvalue weighted by Crippen LogP contribution is -2.34. The Labute approximate surface area is 123 Å². The smallest absolute Gasteiger partial charge is 0.319 e. The molecule has 21 heavy (non-hydrogen) atoms. The van der Waals surface area contributed by atoms with E-state index in [1.54, 1.807) is 18.3 Å². The molecule has 0 saturated carbocycles. The molecule has 0 radical (unpaired) electrons. The van der Waals surface area contributed by atoms with Crippen LogP contribution < -0.4 is 15.4 Å². The van der Waals surface area contributed by atoms with Crippen molar-refractivity contribution in [2.24, 2.45) is 0 Å². The molecule has 0 bridgehead atoms. The molecular weight excluding hydrogens is 272 g/mol. The van der Waals surface area contributed by atoms with Crippen LogP contribution in [0.2, 0.25) is 0 Å². The van der Waals surface area contributed by atoms with Gasteiger partial charge in [-0.15, -0.1) is 0 Å². The summed E-state index contributed by atoms with van der Waals surface area (Å²) in [5.74, 6) is 0.438. The zero-order valence-electron chi connectivity index (χ0n) is 12.1. The summed E-state index contributed by atoms with van der Waals surface area (Å²) >= 11 is 0. The van der Waals surface area contributed by atoms with Crippen molar-refractivity contribution < 1.29 is 14.3 Å². The normalized spacial score (nSPS) is 13.9. The van der Waals surface area contributed by atoms with Crippen molar-refractivity contribution in [2.75, 3.05) is 32.1 Å². The molecule has 1 aromatic rings. The summed E-state index contributed by atoms with van der Waals surface area (Å²) in [6, 6.07) is 3.02. The van der Waals surface area contributed by atoms with E-state index >= 15 is 0 Å². The highest BCUT2D eigenvalue weighted by Crippen LogP contribution is 2.19. The molecule has 0 atom stereocenters. The molecule has 2 N–H and O–H groups in total. The van der Waals surface area contributed by atoms with Gasteiger partial charge in [0.05, 0.1) is 7.11 Å². The van der Waals surface area contributed by atoms with Crippen molar-refractivity contribution in [3.63, 3.8) is 0 Å². The summed E-state index contributed by atoms with van der Waals surface area (Å²) in [5.41, 5.74) is 0.489. The van der Waals surface area contributed by atoms with Crippen LogP contribution in [0.15, 0.2) is 18.3 Å². The molecule has 0 aliphatic carbocycles. The number of hydrogen-bond donors (Lipinski definition) is 2. The third-order valence-electron chi connectivity index (χ3n) is 3.30. The Kier molecular flexibility index (Phi) is 5.36. The van der Waals surface area contributed by atoms with Crippen molar-refractivity contribution in [1.29, 1.82) is 0 Å². The maximum atomic E-state index is 11.8. The number of anilines is 1. The van der Waals surface area contributed by atoms with Gasteiger partial charge in [0.1, 0.15) is 5.69 Å². The number of amides is 3. The molecule has 0 aromatic carbocycles. The van der Waals surface area contributed by atoms with Gasteiger partial charge in [0.15, 0.2) is 0 Å². The molecule has 7 heteroatoms. The van der Waals surface area contributed by atoms with Gasteiger partial charge in [-0.05, 0) is 25.0 Å². The summed E-state index contributed by atoms with van der Waals surface area (Å²) in [6.45, 7) is 1.97. The lowest BCUT2D eigenvalue weighted by Gasteiger charge is -2.15. The SMILES string of the molecule is COc1ncccc1NC(=O)NCCC(=O)N1CCCC1. The molecule has 1 aliphatic heterocycles. The Balaban J connectivity index is 1.73. The van der Waals surface area contributed by atoms with Crippen LogP contribution in [0.1, 0.15) is 19.3 Å². The van der Waals surface area contributed by atoms with Crippen LogP contribution in [-0.4, -0.2) is 48.6 Å². The van der Waals surface area contributed by atoms with Crippen LogP contribution >= 0.6 is 0 Å². The van der Waals surface area contributed by atoms with E-state index in [0.29, 0.717) is 24.5 Å². The summed E-state index contributed by atoms with van der Waals surface area (Å²) in [7, 11) is 1.49. The largest absolute Gasteiger partial charge is 0.480 e. The van der Waals surface area contributed by atoms with Crippen molar-refractivity contribution in [1.82, 2.24) is 15.2 Å². The standard InChI is InChI=1S/C14H20N4O3/c1-21-13-11(5-4-7-15-13)17-14(20)16-8-6-12(19)18-9-2-3-10-18/h4-5,7H,2-3,6,8-10H2,1H3,(H2,16,17,20). The molecule has 1 fully saturated rings. The first-order valence-corrected chi connectivity index (χ1v) is 7.02. The third kappa shape index (κ3) is 4.34. The van der Waals surface area contributed by atoms with Gasteiger partial charge in [-0.2, -0.15) is 0 Å². The van der Waals surface area contributed by atoms with E-state index in [1.807, 2.05) is 4.90 Å². The van der Waals surface area contributed by atoms with Crippen molar-refractivity contribution in [2.45, 2.75) is 19.3 Å². The van der Waals surface area contributed by atoms with Crippen molar-refractivity contribution in [3.8, 4) is 5.88 Å². The second-order valence-corrected chi connectivity index (χ2v) is 4.78. The zero-order chi connectivity index (χ0) is 15.1. The van der Waals surface area contributed by atoms with Gasteiger partial charge in [-0.3, -0.25) is 4.79 Å². The van der Waals surface area contributed by atoms with Crippen LogP contribution in [0.3, 0.4) is 0 Å². The van der Waals surface area contributed by atoms with Crippen LogP contribution in [0.25, 0.3) is 0 Å². The number of aromatic nitrogens is 1. The fourth-order valence-electron chi connectivity index (χ4n) is 2.22. The number of pyridine rings is 1. The number of hydrogen-bond acceptors (Lipinski definition) is 4. The van der Waals surface area contributed by atoms with Gasteiger partial charge in [-0.25, -0.2) is 9.78 Å². The molecule has 1 aliphatic rings. The Hall–Kier alpha value is -2.31. The molecule has 3 amide bonds. The Morgan fingerprint density at radius 2 is 2.14 bits per heavy atom. The number of ether oxygens (including phenoxy) is 1. The van der Waals surface area contributed by atoms with Gasteiger partial charge in [0.2, 0.25) is 11.8 Å². The number of urea groups is 1. The maximum absolute atomic E-state index is 11.8. The molecule has 2 rings (SSSR count). The van der Waals surface area contributed by atoms with Gasteiger partial charge in [0.25, 0.3) is 0 Å². The summed E-state index contributed by atoms with van der Waals surface area (Å²) in [5, 5.41) is 5.30. The minimum atomic E-state index is -0.379. The van der Waals surface area contributed by atoms with Crippen LogP contribution in [0, 0.1) is 0 Å². The lowest BCUT2D eigenvalue weighted by atomic mass is 10.3. The highest BCUT2D eigenvalue weighted by atomic mass is 16.5. The monoisotopic (exact) mass is 292 g/mol. The lowest BCUT2D eigenvalue weighted by molar-refractivity contribution is -0.129. The molecule has 0 spiro atoms. The van der Waals surface area contributed by atoms with E-state index in [4.69, 9.17) is 4.74 Å². The minimum Gasteiger partial charge on any atom is -0.480 e. The summed E-state index contributed by atoms with van der Waals surface area (Å²) in [4.78, 5) is 29.4. The molecule has 1 saturated heterocycles. The molecule has 0 unspecified atom stereocenters. The number of rotatable bonds is 5.